The topological polar surface area (TPSA) is 29.0 Å². The number of hydrogen-bond acceptors (Lipinski definition) is 3. The van der Waals surface area contributed by atoms with Crippen molar-refractivity contribution in [3.8, 4) is 61.3 Å². The summed E-state index contributed by atoms with van der Waals surface area (Å²) in [5, 5.41) is 10.7. The number of fused-ring (bicyclic) bond motifs is 20. The fraction of sp³-hybridized carbons (Fsp3) is 0. The summed E-state index contributed by atoms with van der Waals surface area (Å²) in [6, 6.07) is 116. The first kappa shape index (κ1) is 52.7. The first-order valence-corrected chi connectivity index (χ1v) is 36.7. The molecule has 0 N–H and O–H groups in total. The number of furan rings is 1. The number of hydrogen-bond donors (Lipinski definition) is 0. The third-order valence-corrected chi connectivity index (χ3v) is 22.7. The molecule has 23 rings (SSSR count). The van der Waals surface area contributed by atoms with Gasteiger partial charge in [-0.2, -0.15) is 0 Å². The molecule has 2 aliphatic heterocycles. The molecule has 4 aromatic heterocycles. The Morgan fingerprint density at radius 2 is 0.713 bits per heavy atom. The van der Waals surface area contributed by atoms with Crippen LogP contribution in [0.3, 0.4) is 0 Å². The highest BCUT2D eigenvalue weighted by Crippen LogP contribution is 2.53. The van der Waals surface area contributed by atoms with Gasteiger partial charge in [0.15, 0.2) is 0 Å². The average molecular weight is 1380 g/mol. The lowest BCUT2D eigenvalue weighted by molar-refractivity contribution is 0.669. The van der Waals surface area contributed by atoms with Crippen LogP contribution in [0, 0.1) is 0 Å². The molecule has 5 nitrogen and oxygen atoms in total. The molecule has 2 aliphatic rings. The highest BCUT2D eigenvalue weighted by atomic mass is 16.3. The predicted molar refractivity (Wildman–Crippen MR) is 457 cm³/mol. The number of benzene rings is 17. The van der Waals surface area contributed by atoms with Gasteiger partial charge in [-0.05, 0) is 173 Å². The fourth-order valence-electron chi connectivity index (χ4n) is 18.0. The van der Waals surface area contributed by atoms with Gasteiger partial charge in [0.25, 0.3) is 6.71 Å². The molecule has 0 unspecified atom stereocenters. The van der Waals surface area contributed by atoms with Gasteiger partial charge in [0.1, 0.15) is 11.2 Å². The normalized spacial score (nSPS) is 13.6. The molecule has 0 aliphatic carbocycles. The molecule has 0 fully saturated rings. The van der Waals surface area contributed by atoms with Crippen LogP contribution in [-0.2, 0) is 0 Å². The lowest BCUT2D eigenvalue weighted by Gasteiger charge is -2.45. The standard InChI is InChI=1S/C102H63BN4O/c1-5-26-64(27-6-1)68-48-53-92(83(56-68)66-30-9-3-10-31-66)105-95-61-72(104-89-44-21-17-38-77(89)78-39-18-22-45-90(78)104)51-52-87(95)103-88-62-85-76-37-16-14-35-74(76)73-34-13-15-36-75(73)81-42-25-43-82-79-40-19-23-46-91(79)107(102(81)82)94(85)63-96(88)106(93-54-49-69(65-28-7-2-8-29-65)57-84(93)67-32-11-4-12-33-67)98-60-71(59-97(105)101(98)103)70-50-55-100-86(58-70)80-41-20-24-47-99(80)108-100/h1-63H/i17D,18D,21D,22D,38D,39D,44D,45D. The van der Waals surface area contributed by atoms with Gasteiger partial charge >= 0.3 is 0 Å². The van der Waals surface area contributed by atoms with E-state index in [1.807, 2.05) is 30.3 Å². The average Bonchev–Trinajstić information content (AvgIpc) is 0.781. The minimum absolute atomic E-state index is 0.00372. The van der Waals surface area contributed by atoms with E-state index in [9.17, 15) is 8.22 Å². The molecular formula is C102H63BN4O. The van der Waals surface area contributed by atoms with Gasteiger partial charge in [-0.25, -0.2) is 0 Å². The van der Waals surface area contributed by atoms with E-state index in [0.717, 1.165) is 188 Å². The maximum absolute atomic E-state index is 9.92. The van der Waals surface area contributed by atoms with E-state index in [1.165, 1.54) is 0 Å². The molecule has 0 bridgehead atoms. The quantitative estimate of drug-likeness (QED) is 0.142. The van der Waals surface area contributed by atoms with Crippen LogP contribution in [0.2, 0.25) is 0 Å². The zero-order chi connectivity index (χ0) is 77.6. The first-order valence-electron chi connectivity index (χ1n) is 40.7. The molecule has 500 valence electrons. The van der Waals surface area contributed by atoms with E-state index in [1.54, 1.807) is 4.57 Å². The third kappa shape index (κ3) is 9.01. The second kappa shape index (κ2) is 23.7. The molecule has 0 saturated heterocycles. The maximum atomic E-state index is 9.92. The highest BCUT2D eigenvalue weighted by molar-refractivity contribution is 7.00. The summed E-state index contributed by atoms with van der Waals surface area (Å²) in [6.07, 6.45) is 0. The predicted octanol–water partition coefficient (Wildman–Crippen LogP) is 25.7. The number of aromatic nitrogens is 2. The maximum Gasteiger partial charge on any atom is 0.252 e. The van der Waals surface area contributed by atoms with Crippen molar-refractivity contribution in [3.05, 3.63) is 382 Å². The zero-order valence-electron chi connectivity index (χ0n) is 66.0. The van der Waals surface area contributed by atoms with Crippen molar-refractivity contribution < 1.29 is 15.4 Å². The van der Waals surface area contributed by atoms with E-state index >= 15 is 0 Å². The Hall–Kier alpha value is -14.2. The minimum Gasteiger partial charge on any atom is -0.456 e. The number of para-hydroxylation sites is 5. The number of anilines is 6. The van der Waals surface area contributed by atoms with Crippen LogP contribution in [0.5, 0.6) is 0 Å². The zero-order valence-corrected chi connectivity index (χ0v) is 58.0. The van der Waals surface area contributed by atoms with Gasteiger partial charge in [-0.3, -0.25) is 0 Å². The molecule has 0 atom stereocenters. The van der Waals surface area contributed by atoms with Gasteiger partial charge in [0.2, 0.25) is 0 Å². The Balaban J connectivity index is 0.940. The summed E-state index contributed by atoms with van der Waals surface area (Å²) in [4.78, 5) is 4.94. The molecule has 6 heterocycles. The molecule has 6 heteroatoms. The smallest absolute Gasteiger partial charge is 0.252 e. The third-order valence-electron chi connectivity index (χ3n) is 22.7. The molecular weight excluding hydrogens is 1310 g/mol. The Kier molecular flexibility index (Phi) is 11.5. The number of rotatable bonds is 8. The highest BCUT2D eigenvalue weighted by Gasteiger charge is 2.45. The molecule has 0 saturated carbocycles. The van der Waals surface area contributed by atoms with E-state index in [2.05, 4.69) is 318 Å². The Morgan fingerprint density at radius 3 is 1.31 bits per heavy atom. The van der Waals surface area contributed by atoms with Gasteiger partial charge in [0, 0.05) is 82.7 Å². The molecule has 0 amide bonds. The van der Waals surface area contributed by atoms with Crippen LogP contribution < -0.4 is 26.2 Å². The van der Waals surface area contributed by atoms with Gasteiger partial charge < -0.3 is 23.2 Å². The van der Waals surface area contributed by atoms with Crippen molar-refractivity contribution in [2.45, 2.75) is 0 Å². The number of nitrogens with zero attached hydrogens (tertiary/aromatic N) is 4. The van der Waals surface area contributed by atoms with Crippen LogP contribution >= 0.6 is 0 Å². The summed E-state index contributed by atoms with van der Waals surface area (Å²) in [7, 11) is 0. The Morgan fingerprint density at radius 1 is 0.250 bits per heavy atom. The van der Waals surface area contributed by atoms with Crippen molar-refractivity contribution in [2.75, 3.05) is 9.80 Å². The monoisotopic (exact) mass is 1380 g/mol. The summed E-state index contributed by atoms with van der Waals surface area (Å²) in [5.74, 6) is 0. The summed E-state index contributed by atoms with van der Waals surface area (Å²) < 4.78 is 86.9. The van der Waals surface area contributed by atoms with E-state index < -0.39 is 43.0 Å². The Labute approximate surface area is 634 Å². The van der Waals surface area contributed by atoms with Gasteiger partial charge in [0.05, 0.1) is 49.9 Å². The minimum atomic E-state index is -0.590. The first-order chi connectivity index (χ1) is 56.9. The molecule has 21 aromatic rings. The van der Waals surface area contributed by atoms with Gasteiger partial charge in [-0.15, -0.1) is 0 Å². The van der Waals surface area contributed by atoms with Crippen LogP contribution in [0.4, 0.5) is 34.1 Å². The van der Waals surface area contributed by atoms with Crippen molar-refractivity contribution in [2.24, 2.45) is 0 Å². The SMILES string of the molecule is [2H]c1c([2H])c([2H])c2c(c1[2H])c1c([2H])c([2H])c([2H])c([2H])c1n2-c1ccc2c(c1)N(c1ccc(-c3ccccc3)cc1-c1ccccc1)c1cc(-c3ccc4oc5ccccc5c4c3)cc3c1B2c1cc2c4ccccc4c4ccccc4c4cccc5c6ccccc6n(c2cc1N3c1ccc(-c2ccccc2)cc1-c1ccccc1)c45. The molecule has 0 spiro atoms. The van der Waals surface area contributed by atoms with Gasteiger partial charge in [-0.1, -0.05) is 291 Å². The van der Waals surface area contributed by atoms with Crippen LogP contribution in [-0.4, -0.2) is 15.7 Å². The largest absolute Gasteiger partial charge is 0.456 e. The van der Waals surface area contributed by atoms with E-state index in [-0.39, 0.29) is 33.9 Å². The van der Waals surface area contributed by atoms with Crippen molar-refractivity contribution in [1.29, 1.82) is 0 Å². The van der Waals surface area contributed by atoms with E-state index in [4.69, 9.17) is 7.16 Å². The lowest BCUT2D eigenvalue weighted by atomic mass is 9.33. The second-order valence-electron chi connectivity index (χ2n) is 28.4. The molecule has 108 heavy (non-hydrogen) atoms. The Bertz CT molecular complexity index is 7830. The van der Waals surface area contributed by atoms with E-state index in [0.29, 0.717) is 5.69 Å². The van der Waals surface area contributed by atoms with Crippen LogP contribution in [0.1, 0.15) is 11.0 Å². The molecule has 0 radical (unpaired) electrons. The fourth-order valence-corrected chi connectivity index (χ4v) is 18.0. The van der Waals surface area contributed by atoms with Crippen LogP contribution in [0.15, 0.2) is 386 Å². The summed E-state index contributed by atoms with van der Waals surface area (Å²) in [5.41, 5.74) is 23.2. The summed E-state index contributed by atoms with van der Waals surface area (Å²) in [6.45, 7) is -0.590. The lowest BCUT2D eigenvalue weighted by Crippen LogP contribution is -2.61. The second-order valence-corrected chi connectivity index (χ2v) is 28.4. The van der Waals surface area contributed by atoms with Crippen molar-refractivity contribution in [3.63, 3.8) is 0 Å². The summed E-state index contributed by atoms with van der Waals surface area (Å²) >= 11 is 0. The van der Waals surface area contributed by atoms with Crippen molar-refractivity contribution in [1.82, 2.24) is 8.97 Å². The van der Waals surface area contributed by atoms with Crippen molar-refractivity contribution >= 4 is 161 Å². The molecule has 17 aromatic carbocycles. The van der Waals surface area contributed by atoms with Crippen LogP contribution in [0.25, 0.3) is 165 Å².